The first-order chi connectivity index (χ1) is 11.0. The molecule has 2 rings (SSSR count). The molecule has 0 saturated carbocycles. The van der Waals surface area contributed by atoms with Crippen LogP contribution in [0.15, 0.2) is 24.3 Å². The van der Waals surface area contributed by atoms with Crippen molar-refractivity contribution in [3.05, 3.63) is 34.9 Å². The Balaban J connectivity index is 1.70. The van der Waals surface area contributed by atoms with E-state index in [0.29, 0.717) is 44.2 Å². The molecule has 1 fully saturated rings. The fourth-order valence-electron chi connectivity index (χ4n) is 2.31. The Morgan fingerprint density at radius 1 is 1.30 bits per heavy atom. The lowest BCUT2D eigenvalue weighted by molar-refractivity contribution is -0.120. The SMILES string of the molecule is O=C(CCc1cccc(Cl)c1)NCCS(=O)(=O)N1CCOCC1. The number of hydrogen-bond acceptors (Lipinski definition) is 4. The third kappa shape index (κ3) is 6.10. The number of ether oxygens (including phenoxy) is 1. The Labute approximate surface area is 141 Å². The normalized spacial score (nSPS) is 16.2. The van der Waals surface area contributed by atoms with Crippen LogP contribution in [0.1, 0.15) is 12.0 Å². The standard InChI is InChI=1S/C15H21ClN2O4S/c16-14-3-1-2-13(12-14)4-5-15(19)17-6-11-23(20,21)18-7-9-22-10-8-18/h1-3,12H,4-11H2,(H,17,19). The van der Waals surface area contributed by atoms with Crippen molar-refractivity contribution < 1.29 is 17.9 Å². The van der Waals surface area contributed by atoms with E-state index in [2.05, 4.69) is 5.32 Å². The molecule has 1 amide bonds. The van der Waals surface area contributed by atoms with Gasteiger partial charge in [-0.15, -0.1) is 0 Å². The van der Waals surface area contributed by atoms with Crippen LogP contribution in [0.3, 0.4) is 0 Å². The summed E-state index contributed by atoms with van der Waals surface area (Å²) in [6, 6.07) is 7.34. The van der Waals surface area contributed by atoms with E-state index in [-0.39, 0.29) is 18.2 Å². The van der Waals surface area contributed by atoms with Crippen molar-refractivity contribution in [2.45, 2.75) is 12.8 Å². The van der Waals surface area contributed by atoms with Crippen LogP contribution in [-0.4, -0.2) is 57.2 Å². The maximum absolute atomic E-state index is 12.1. The number of halogens is 1. The van der Waals surface area contributed by atoms with Crippen LogP contribution in [0, 0.1) is 0 Å². The minimum Gasteiger partial charge on any atom is -0.379 e. The molecule has 8 heteroatoms. The van der Waals surface area contributed by atoms with Crippen LogP contribution in [0.4, 0.5) is 0 Å². The Kier molecular flexibility index (Phi) is 6.83. The second-order valence-electron chi connectivity index (χ2n) is 5.31. The number of carbonyl (C=O) groups is 1. The fourth-order valence-corrected chi connectivity index (χ4v) is 3.85. The lowest BCUT2D eigenvalue weighted by atomic mass is 10.1. The highest BCUT2D eigenvalue weighted by Gasteiger charge is 2.23. The van der Waals surface area contributed by atoms with Gasteiger partial charge in [0, 0.05) is 31.1 Å². The number of amides is 1. The van der Waals surface area contributed by atoms with Gasteiger partial charge in [-0.05, 0) is 24.1 Å². The van der Waals surface area contributed by atoms with Gasteiger partial charge in [0.2, 0.25) is 15.9 Å². The zero-order chi connectivity index (χ0) is 16.7. The van der Waals surface area contributed by atoms with E-state index in [9.17, 15) is 13.2 Å². The summed E-state index contributed by atoms with van der Waals surface area (Å²) in [6.07, 6.45) is 0.876. The quantitative estimate of drug-likeness (QED) is 0.788. The highest BCUT2D eigenvalue weighted by atomic mass is 35.5. The highest BCUT2D eigenvalue weighted by molar-refractivity contribution is 7.89. The zero-order valence-corrected chi connectivity index (χ0v) is 14.4. The van der Waals surface area contributed by atoms with E-state index >= 15 is 0 Å². The molecule has 0 aromatic heterocycles. The third-order valence-electron chi connectivity index (χ3n) is 3.58. The van der Waals surface area contributed by atoms with Crippen molar-refractivity contribution in [2.75, 3.05) is 38.6 Å². The topological polar surface area (TPSA) is 75.7 Å². The molecule has 1 saturated heterocycles. The van der Waals surface area contributed by atoms with E-state index in [0.717, 1.165) is 5.56 Å². The average Bonchev–Trinajstić information content (AvgIpc) is 2.54. The summed E-state index contributed by atoms with van der Waals surface area (Å²) < 4.78 is 30.7. The largest absolute Gasteiger partial charge is 0.379 e. The van der Waals surface area contributed by atoms with Gasteiger partial charge in [0.15, 0.2) is 0 Å². The molecule has 1 aromatic carbocycles. The second-order valence-corrected chi connectivity index (χ2v) is 7.83. The number of hydrogen-bond donors (Lipinski definition) is 1. The van der Waals surface area contributed by atoms with E-state index < -0.39 is 10.0 Å². The number of carbonyl (C=O) groups excluding carboxylic acids is 1. The van der Waals surface area contributed by atoms with Crippen molar-refractivity contribution >= 4 is 27.5 Å². The van der Waals surface area contributed by atoms with Gasteiger partial charge < -0.3 is 10.1 Å². The smallest absolute Gasteiger partial charge is 0.220 e. The first-order valence-corrected chi connectivity index (χ1v) is 9.53. The first-order valence-electron chi connectivity index (χ1n) is 7.54. The highest BCUT2D eigenvalue weighted by Crippen LogP contribution is 2.12. The molecule has 1 aliphatic rings. The number of morpholine rings is 1. The lowest BCUT2D eigenvalue weighted by Gasteiger charge is -2.26. The molecular formula is C15H21ClN2O4S. The van der Waals surface area contributed by atoms with Gasteiger partial charge in [-0.25, -0.2) is 8.42 Å². The molecule has 6 nitrogen and oxygen atoms in total. The number of rotatable bonds is 7. The molecule has 23 heavy (non-hydrogen) atoms. The molecule has 0 unspecified atom stereocenters. The minimum atomic E-state index is -3.33. The Hall–Kier alpha value is -1.15. The number of benzene rings is 1. The van der Waals surface area contributed by atoms with Crippen molar-refractivity contribution in [2.24, 2.45) is 0 Å². The minimum absolute atomic E-state index is 0.0874. The summed E-state index contributed by atoms with van der Waals surface area (Å²) in [6.45, 7) is 1.72. The predicted molar refractivity (Wildman–Crippen MR) is 89.0 cm³/mol. The van der Waals surface area contributed by atoms with Gasteiger partial charge in [0.05, 0.1) is 19.0 Å². The predicted octanol–water partition coefficient (Wildman–Crippen LogP) is 1.05. The van der Waals surface area contributed by atoms with Crippen LogP contribution >= 0.6 is 11.6 Å². The van der Waals surface area contributed by atoms with Crippen molar-refractivity contribution in [1.29, 1.82) is 0 Å². The summed E-state index contributed by atoms with van der Waals surface area (Å²) in [4.78, 5) is 11.8. The van der Waals surface area contributed by atoms with Gasteiger partial charge >= 0.3 is 0 Å². The van der Waals surface area contributed by atoms with Crippen LogP contribution < -0.4 is 5.32 Å². The maximum Gasteiger partial charge on any atom is 0.220 e. The van der Waals surface area contributed by atoms with Crippen molar-refractivity contribution in [3.63, 3.8) is 0 Å². The molecule has 0 spiro atoms. The average molecular weight is 361 g/mol. The fraction of sp³-hybridized carbons (Fsp3) is 0.533. The monoisotopic (exact) mass is 360 g/mol. The third-order valence-corrected chi connectivity index (χ3v) is 5.68. The molecule has 1 heterocycles. The Morgan fingerprint density at radius 2 is 2.04 bits per heavy atom. The van der Waals surface area contributed by atoms with Crippen molar-refractivity contribution in [3.8, 4) is 0 Å². The summed E-state index contributed by atoms with van der Waals surface area (Å²) in [7, 11) is -3.33. The van der Waals surface area contributed by atoms with Crippen molar-refractivity contribution in [1.82, 2.24) is 9.62 Å². The zero-order valence-electron chi connectivity index (χ0n) is 12.8. The Morgan fingerprint density at radius 3 is 2.74 bits per heavy atom. The number of nitrogens with zero attached hydrogens (tertiary/aromatic N) is 1. The van der Waals surface area contributed by atoms with Gasteiger partial charge in [-0.1, -0.05) is 23.7 Å². The van der Waals surface area contributed by atoms with Crippen LogP contribution in [0.2, 0.25) is 5.02 Å². The van der Waals surface area contributed by atoms with E-state index in [1.165, 1.54) is 4.31 Å². The van der Waals surface area contributed by atoms with Crippen LogP contribution in [0.5, 0.6) is 0 Å². The van der Waals surface area contributed by atoms with E-state index in [1.807, 2.05) is 18.2 Å². The molecule has 1 N–H and O–H groups in total. The Bertz CT molecular complexity index is 630. The van der Waals surface area contributed by atoms with E-state index in [4.69, 9.17) is 16.3 Å². The van der Waals surface area contributed by atoms with Crippen LogP contribution in [-0.2, 0) is 26.0 Å². The molecule has 0 atom stereocenters. The number of aryl methyl sites for hydroxylation is 1. The van der Waals surface area contributed by atoms with Gasteiger partial charge in [-0.2, -0.15) is 4.31 Å². The van der Waals surface area contributed by atoms with E-state index in [1.54, 1.807) is 6.07 Å². The molecule has 1 aliphatic heterocycles. The molecule has 0 radical (unpaired) electrons. The summed E-state index contributed by atoms with van der Waals surface area (Å²) in [5, 5.41) is 3.29. The van der Waals surface area contributed by atoms with Gasteiger partial charge in [0.25, 0.3) is 0 Å². The number of sulfonamides is 1. The summed E-state index contributed by atoms with van der Waals surface area (Å²) in [5.74, 6) is -0.252. The number of nitrogens with one attached hydrogen (secondary N) is 1. The van der Waals surface area contributed by atoms with Gasteiger partial charge in [-0.3, -0.25) is 4.79 Å². The summed E-state index contributed by atoms with van der Waals surface area (Å²) in [5.41, 5.74) is 0.980. The molecule has 0 aliphatic carbocycles. The second kappa shape index (κ2) is 8.63. The molecule has 1 aromatic rings. The molecule has 128 valence electrons. The molecule has 0 bridgehead atoms. The lowest BCUT2D eigenvalue weighted by Crippen LogP contribution is -2.43. The van der Waals surface area contributed by atoms with Crippen LogP contribution in [0.25, 0.3) is 0 Å². The first kappa shape index (κ1) is 18.2. The van der Waals surface area contributed by atoms with Gasteiger partial charge in [0.1, 0.15) is 0 Å². The molecular weight excluding hydrogens is 340 g/mol. The summed E-state index contributed by atoms with van der Waals surface area (Å²) >= 11 is 5.89. The maximum atomic E-state index is 12.1.